The topological polar surface area (TPSA) is 42.4 Å². The summed E-state index contributed by atoms with van der Waals surface area (Å²) in [5.74, 6) is 0. The van der Waals surface area contributed by atoms with Crippen LogP contribution in [0.25, 0.3) is 0 Å². The van der Waals surface area contributed by atoms with Crippen molar-refractivity contribution in [1.82, 2.24) is 9.27 Å². The van der Waals surface area contributed by atoms with Gasteiger partial charge in [-0.3, -0.25) is 0 Å². The third-order valence-corrected chi connectivity index (χ3v) is 3.84. The van der Waals surface area contributed by atoms with Gasteiger partial charge in [-0.05, 0) is 58.1 Å². The highest BCUT2D eigenvalue weighted by molar-refractivity contribution is 7.05. The van der Waals surface area contributed by atoms with Gasteiger partial charge < -0.3 is 9.64 Å². The molecule has 5 heteroatoms. The molecule has 1 aliphatic heterocycles. The van der Waals surface area contributed by atoms with Crippen LogP contribution in [0.1, 0.15) is 50.2 Å². The minimum absolute atomic E-state index is 0.144. The van der Waals surface area contributed by atoms with E-state index >= 15 is 0 Å². The van der Waals surface area contributed by atoms with E-state index in [1.165, 1.54) is 11.5 Å². The number of hydrogen-bond donors (Lipinski definition) is 0. The quantitative estimate of drug-likeness (QED) is 0.782. The van der Waals surface area contributed by atoms with Gasteiger partial charge in [0.05, 0.1) is 11.7 Å². The summed E-state index contributed by atoms with van der Waals surface area (Å²) in [6.07, 6.45) is 1.82. The molecule has 2 rings (SSSR count). The van der Waals surface area contributed by atoms with Crippen molar-refractivity contribution in [2.24, 2.45) is 0 Å². The lowest BCUT2D eigenvalue weighted by molar-refractivity contribution is 0.0227. The van der Waals surface area contributed by atoms with Crippen LogP contribution in [-0.4, -0.2) is 27.5 Å². The van der Waals surface area contributed by atoms with E-state index in [-0.39, 0.29) is 12.1 Å². The smallest absolute Gasteiger partial charge is 0.410 e. The molecule has 1 aliphatic rings. The number of amides is 1. The van der Waals surface area contributed by atoms with Crippen molar-refractivity contribution in [3.8, 4) is 0 Å². The van der Waals surface area contributed by atoms with Crippen molar-refractivity contribution in [3.63, 3.8) is 0 Å². The number of carbonyl (C=O) groups excluding carboxylic acids is 1. The summed E-state index contributed by atoms with van der Waals surface area (Å²) in [7, 11) is 0. The summed E-state index contributed by atoms with van der Waals surface area (Å²) in [4.78, 5) is 15.1. The zero-order valence-corrected chi connectivity index (χ0v) is 12.2. The Morgan fingerprint density at radius 1 is 1.56 bits per heavy atom. The second-order valence-corrected chi connectivity index (χ2v) is 6.54. The molecule has 1 fully saturated rings. The first-order chi connectivity index (χ1) is 8.37. The zero-order valence-electron chi connectivity index (χ0n) is 11.4. The monoisotopic (exact) mass is 268 g/mol. The highest BCUT2D eigenvalue weighted by atomic mass is 32.1. The van der Waals surface area contributed by atoms with Crippen LogP contribution < -0.4 is 0 Å². The summed E-state index contributed by atoms with van der Waals surface area (Å²) in [6.45, 7) is 8.44. The minimum atomic E-state index is -0.437. The van der Waals surface area contributed by atoms with E-state index < -0.39 is 5.60 Å². The number of nitrogens with zero attached hydrogens (tertiary/aromatic N) is 2. The third kappa shape index (κ3) is 3.02. The highest BCUT2D eigenvalue weighted by Crippen LogP contribution is 2.35. The van der Waals surface area contributed by atoms with Crippen LogP contribution in [0.5, 0.6) is 0 Å². The molecule has 18 heavy (non-hydrogen) atoms. The maximum absolute atomic E-state index is 12.1. The lowest BCUT2D eigenvalue weighted by Crippen LogP contribution is -2.36. The van der Waals surface area contributed by atoms with E-state index in [1.54, 1.807) is 0 Å². The molecule has 0 aromatic carbocycles. The van der Waals surface area contributed by atoms with Gasteiger partial charge in [-0.1, -0.05) is 0 Å². The number of aryl methyl sites for hydroxylation is 1. The Labute approximate surface area is 112 Å². The van der Waals surface area contributed by atoms with Gasteiger partial charge in [0.25, 0.3) is 0 Å². The van der Waals surface area contributed by atoms with Gasteiger partial charge in [0.1, 0.15) is 5.60 Å². The predicted molar refractivity (Wildman–Crippen MR) is 71.8 cm³/mol. The van der Waals surface area contributed by atoms with E-state index in [4.69, 9.17) is 4.74 Å². The van der Waals surface area contributed by atoms with Crippen LogP contribution in [0.2, 0.25) is 0 Å². The van der Waals surface area contributed by atoms with Gasteiger partial charge in [0.15, 0.2) is 0 Å². The molecule has 0 radical (unpaired) electrons. The number of likely N-dealkylation sites (tertiary alicyclic amines) is 1. The standard InChI is InChI=1S/C13H20N2O2S/c1-9-8-11(18-14-9)10-6-5-7-15(10)12(16)17-13(2,3)4/h8,10H,5-7H2,1-4H3/t10-/m0/s1. The van der Waals surface area contributed by atoms with Crippen LogP contribution in [0.3, 0.4) is 0 Å². The number of ether oxygens (including phenoxy) is 1. The van der Waals surface area contributed by atoms with Crippen molar-refractivity contribution in [3.05, 3.63) is 16.6 Å². The van der Waals surface area contributed by atoms with Crippen LogP contribution in [0, 0.1) is 6.92 Å². The SMILES string of the molecule is Cc1cc([C@@H]2CCCN2C(=O)OC(C)(C)C)sn1. The van der Waals surface area contributed by atoms with E-state index in [9.17, 15) is 4.79 Å². The normalized spacial score (nSPS) is 20.2. The van der Waals surface area contributed by atoms with E-state index in [2.05, 4.69) is 10.4 Å². The molecular formula is C13H20N2O2S. The third-order valence-electron chi connectivity index (χ3n) is 2.86. The van der Waals surface area contributed by atoms with Crippen LogP contribution in [0.4, 0.5) is 4.79 Å². The fourth-order valence-corrected chi connectivity index (χ4v) is 3.03. The number of aromatic nitrogens is 1. The van der Waals surface area contributed by atoms with Gasteiger partial charge in [-0.2, -0.15) is 4.37 Å². The second kappa shape index (κ2) is 4.88. The molecule has 0 spiro atoms. The molecule has 1 saturated heterocycles. The maximum atomic E-state index is 12.1. The molecule has 1 amide bonds. The van der Waals surface area contributed by atoms with Gasteiger partial charge in [0.2, 0.25) is 0 Å². The van der Waals surface area contributed by atoms with Crippen LogP contribution in [-0.2, 0) is 4.74 Å². The molecule has 2 heterocycles. The largest absolute Gasteiger partial charge is 0.444 e. The van der Waals surface area contributed by atoms with Crippen molar-refractivity contribution in [2.45, 2.75) is 52.2 Å². The lowest BCUT2D eigenvalue weighted by Gasteiger charge is -2.27. The number of carbonyl (C=O) groups is 1. The van der Waals surface area contributed by atoms with E-state index in [0.717, 1.165) is 30.0 Å². The van der Waals surface area contributed by atoms with Gasteiger partial charge >= 0.3 is 6.09 Å². The Morgan fingerprint density at radius 3 is 2.83 bits per heavy atom. The molecule has 1 atom stereocenters. The van der Waals surface area contributed by atoms with Crippen molar-refractivity contribution in [2.75, 3.05) is 6.54 Å². The Balaban J connectivity index is 2.10. The molecule has 4 nitrogen and oxygen atoms in total. The van der Waals surface area contributed by atoms with Crippen molar-refractivity contribution in [1.29, 1.82) is 0 Å². The predicted octanol–water partition coefficient (Wildman–Crippen LogP) is 3.52. The average Bonchev–Trinajstić information content (AvgIpc) is 2.81. The second-order valence-electron chi connectivity index (χ2n) is 5.70. The number of rotatable bonds is 1. The van der Waals surface area contributed by atoms with E-state index in [0.29, 0.717) is 0 Å². The first kappa shape index (κ1) is 13.3. The molecule has 1 aromatic heterocycles. The Kier molecular flexibility index (Phi) is 3.61. The summed E-state index contributed by atoms with van der Waals surface area (Å²) in [5, 5.41) is 0. The summed E-state index contributed by atoms with van der Waals surface area (Å²) in [5.41, 5.74) is 0.583. The lowest BCUT2D eigenvalue weighted by atomic mass is 10.2. The first-order valence-corrected chi connectivity index (χ1v) is 7.07. The van der Waals surface area contributed by atoms with Gasteiger partial charge in [-0.25, -0.2) is 4.79 Å². The van der Waals surface area contributed by atoms with Crippen LogP contribution >= 0.6 is 11.5 Å². The molecule has 1 aromatic rings. The molecule has 0 saturated carbocycles. The molecular weight excluding hydrogens is 248 g/mol. The summed E-state index contributed by atoms with van der Waals surface area (Å²) in [6, 6.07) is 2.21. The molecule has 0 unspecified atom stereocenters. The Bertz CT molecular complexity index is 436. The zero-order chi connectivity index (χ0) is 13.3. The summed E-state index contributed by atoms with van der Waals surface area (Å²) >= 11 is 1.49. The average molecular weight is 268 g/mol. The fourth-order valence-electron chi connectivity index (χ4n) is 2.14. The Morgan fingerprint density at radius 2 is 2.28 bits per heavy atom. The Hall–Kier alpha value is -1.10. The highest BCUT2D eigenvalue weighted by Gasteiger charge is 2.34. The van der Waals surface area contributed by atoms with Crippen molar-refractivity contribution < 1.29 is 9.53 Å². The van der Waals surface area contributed by atoms with E-state index in [1.807, 2.05) is 32.6 Å². The summed E-state index contributed by atoms with van der Waals surface area (Å²) < 4.78 is 9.74. The number of hydrogen-bond acceptors (Lipinski definition) is 4. The van der Waals surface area contributed by atoms with Crippen LogP contribution in [0.15, 0.2) is 6.07 Å². The molecule has 0 aliphatic carbocycles. The fraction of sp³-hybridized carbons (Fsp3) is 0.692. The molecule has 0 bridgehead atoms. The van der Waals surface area contributed by atoms with Gasteiger partial charge in [-0.15, -0.1) is 0 Å². The molecule has 0 N–H and O–H groups in total. The maximum Gasteiger partial charge on any atom is 0.410 e. The van der Waals surface area contributed by atoms with Crippen molar-refractivity contribution >= 4 is 17.6 Å². The first-order valence-electron chi connectivity index (χ1n) is 6.29. The minimum Gasteiger partial charge on any atom is -0.444 e. The molecule has 100 valence electrons. The van der Waals surface area contributed by atoms with Gasteiger partial charge in [0, 0.05) is 11.4 Å².